The van der Waals surface area contributed by atoms with Crippen LogP contribution in [0.15, 0.2) is 18.2 Å². The zero-order valence-electron chi connectivity index (χ0n) is 26.5. The predicted octanol–water partition coefficient (Wildman–Crippen LogP) is 1.24. The van der Waals surface area contributed by atoms with Crippen LogP contribution in [0.2, 0.25) is 0 Å². The number of phenolic OH excluding ortho intramolecular Hbond substituents is 3. The summed E-state index contributed by atoms with van der Waals surface area (Å²) in [5, 5.41) is 64.2. The standard InChI is InChI=1S/C33H41NO13/c1-13(36)8-22(44-14(2)12-35)47-32-15(3)45-23(9-19(32)34)46-21-11-33(43,16(4)37)10-18-25(21)31(42)27-26(29(18)40)28(39)17-6-5-7-20(38)24(17)30(27)41/h5-7,13-15,19,21-23,32,35-36,38,40,42-43H,8-12,34H2,1-4H3/t13-,14+,15-,19-,21+,22+,23+,32+,33-/m0/s1. The molecule has 0 radical (unpaired) electrons. The monoisotopic (exact) mass is 659 g/mol. The van der Waals surface area contributed by atoms with E-state index < -0.39 is 113 Å². The molecule has 14 nitrogen and oxygen atoms in total. The number of carbonyl (C=O) groups excluding carboxylic acids is 3. The second-order valence-corrected chi connectivity index (χ2v) is 12.7. The molecule has 3 aliphatic rings. The molecule has 256 valence electrons. The molecule has 47 heavy (non-hydrogen) atoms. The van der Waals surface area contributed by atoms with Crippen LogP contribution in [0.1, 0.15) is 96.0 Å². The number of ketones is 3. The minimum Gasteiger partial charge on any atom is -0.507 e. The Morgan fingerprint density at radius 1 is 1.11 bits per heavy atom. The van der Waals surface area contributed by atoms with Crippen molar-refractivity contribution < 1.29 is 64.0 Å². The first-order chi connectivity index (χ1) is 22.1. The molecule has 1 aliphatic heterocycles. The number of nitrogens with two attached hydrogens (primary N) is 1. The lowest BCUT2D eigenvalue weighted by atomic mass is 9.72. The van der Waals surface area contributed by atoms with Crippen molar-refractivity contribution in [3.63, 3.8) is 0 Å². The number of Topliss-reactive ketones (excluding diaryl/α,β-unsaturated/α-hetero) is 1. The van der Waals surface area contributed by atoms with Crippen molar-refractivity contribution in [3.8, 4) is 17.2 Å². The summed E-state index contributed by atoms with van der Waals surface area (Å²) in [6, 6.07) is 3.17. The van der Waals surface area contributed by atoms with Gasteiger partial charge in [0, 0.05) is 48.4 Å². The van der Waals surface area contributed by atoms with Crippen LogP contribution in [0, 0.1) is 0 Å². The van der Waals surface area contributed by atoms with Gasteiger partial charge in [0.1, 0.15) is 29.0 Å². The number of fused-ring (bicyclic) bond motifs is 3. The first kappa shape index (κ1) is 34.9. The third-order valence-corrected chi connectivity index (χ3v) is 9.04. The SMILES string of the molecule is CC(=O)[C@]1(O)Cc2c(O)c3c(c(O)c2[C@H](O[C@@H]2C[C@H](N)[C@H](O[C@H](C[C@H](C)O)O[C@H](C)CO)[C@H](C)O2)C1)C(=O)c1c(O)cccc1C3=O. The molecular weight excluding hydrogens is 618 g/mol. The van der Waals surface area contributed by atoms with Gasteiger partial charge in [-0.15, -0.1) is 0 Å². The quantitative estimate of drug-likeness (QED) is 0.120. The fourth-order valence-corrected chi connectivity index (χ4v) is 6.60. The van der Waals surface area contributed by atoms with Gasteiger partial charge in [0.25, 0.3) is 0 Å². The van der Waals surface area contributed by atoms with Gasteiger partial charge in [-0.1, -0.05) is 12.1 Å². The summed E-state index contributed by atoms with van der Waals surface area (Å²) in [6.45, 7) is 5.76. The second kappa shape index (κ2) is 13.2. The van der Waals surface area contributed by atoms with Gasteiger partial charge in [0.15, 0.2) is 24.1 Å². The van der Waals surface area contributed by atoms with Crippen LogP contribution in [0.4, 0.5) is 0 Å². The highest BCUT2D eigenvalue weighted by molar-refractivity contribution is 6.31. The fourth-order valence-electron chi connectivity index (χ4n) is 6.60. The van der Waals surface area contributed by atoms with Crippen LogP contribution in [0.5, 0.6) is 17.2 Å². The van der Waals surface area contributed by atoms with Crippen molar-refractivity contribution in [1.82, 2.24) is 0 Å². The van der Waals surface area contributed by atoms with E-state index in [4.69, 9.17) is 24.7 Å². The number of rotatable bonds is 10. The molecule has 1 heterocycles. The van der Waals surface area contributed by atoms with Crippen LogP contribution < -0.4 is 5.73 Å². The van der Waals surface area contributed by atoms with Gasteiger partial charge in [-0.05, 0) is 33.8 Å². The molecule has 5 rings (SSSR count). The molecule has 1 saturated heterocycles. The van der Waals surface area contributed by atoms with E-state index in [-0.39, 0.29) is 41.7 Å². The molecule has 2 aromatic carbocycles. The molecular formula is C33H41NO13. The summed E-state index contributed by atoms with van der Waals surface area (Å²) in [5.74, 6) is -4.26. The summed E-state index contributed by atoms with van der Waals surface area (Å²) in [7, 11) is 0. The molecule has 0 spiro atoms. The van der Waals surface area contributed by atoms with Gasteiger partial charge >= 0.3 is 0 Å². The van der Waals surface area contributed by atoms with Crippen molar-refractivity contribution in [2.45, 2.75) is 108 Å². The van der Waals surface area contributed by atoms with Crippen LogP contribution in [-0.2, 0) is 30.2 Å². The Bertz CT molecular complexity index is 1560. The molecule has 0 aromatic heterocycles. The normalized spacial score (nSPS) is 29.0. The number of aliphatic hydroxyl groups is 3. The topological polar surface area (TPSA) is 236 Å². The maximum absolute atomic E-state index is 13.6. The predicted molar refractivity (Wildman–Crippen MR) is 162 cm³/mol. The van der Waals surface area contributed by atoms with Gasteiger partial charge in [0.2, 0.25) is 5.78 Å². The minimum absolute atomic E-state index is 0.0205. The van der Waals surface area contributed by atoms with Gasteiger partial charge < -0.3 is 55.3 Å². The lowest BCUT2D eigenvalue weighted by Crippen LogP contribution is -2.55. The molecule has 2 aromatic rings. The Balaban J connectivity index is 1.48. The highest BCUT2D eigenvalue weighted by Crippen LogP contribution is 2.52. The Kier molecular flexibility index (Phi) is 9.79. The van der Waals surface area contributed by atoms with Crippen molar-refractivity contribution in [1.29, 1.82) is 0 Å². The smallest absolute Gasteiger partial charge is 0.202 e. The molecule has 0 amide bonds. The van der Waals surface area contributed by atoms with Gasteiger partial charge in [-0.25, -0.2) is 0 Å². The van der Waals surface area contributed by atoms with E-state index in [2.05, 4.69) is 0 Å². The Morgan fingerprint density at radius 3 is 2.40 bits per heavy atom. The molecule has 9 atom stereocenters. The molecule has 1 fully saturated rings. The van der Waals surface area contributed by atoms with E-state index >= 15 is 0 Å². The minimum atomic E-state index is -2.07. The van der Waals surface area contributed by atoms with E-state index in [0.29, 0.717) is 0 Å². The van der Waals surface area contributed by atoms with E-state index in [9.17, 15) is 45.0 Å². The molecule has 0 saturated carbocycles. The van der Waals surface area contributed by atoms with Crippen LogP contribution >= 0.6 is 0 Å². The lowest BCUT2D eigenvalue weighted by molar-refractivity contribution is -0.285. The van der Waals surface area contributed by atoms with Crippen molar-refractivity contribution >= 4 is 17.3 Å². The number of phenols is 3. The first-order valence-electron chi connectivity index (χ1n) is 15.5. The molecule has 14 heteroatoms. The molecule has 0 bridgehead atoms. The third kappa shape index (κ3) is 6.39. The van der Waals surface area contributed by atoms with Crippen LogP contribution in [-0.4, -0.2) is 103 Å². The van der Waals surface area contributed by atoms with Gasteiger partial charge in [-0.3, -0.25) is 14.4 Å². The van der Waals surface area contributed by atoms with Crippen LogP contribution in [0.25, 0.3) is 0 Å². The Morgan fingerprint density at radius 2 is 1.79 bits per heavy atom. The van der Waals surface area contributed by atoms with Crippen LogP contribution in [0.3, 0.4) is 0 Å². The number of ether oxygens (including phenoxy) is 4. The van der Waals surface area contributed by atoms with Crippen molar-refractivity contribution in [3.05, 3.63) is 51.6 Å². The highest BCUT2D eigenvalue weighted by Gasteiger charge is 2.49. The zero-order valence-corrected chi connectivity index (χ0v) is 26.5. The number of hydrogen-bond acceptors (Lipinski definition) is 14. The summed E-state index contributed by atoms with van der Waals surface area (Å²) in [4.78, 5) is 39.8. The van der Waals surface area contributed by atoms with E-state index in [1.807, 2.05) is 0 Å². The highest BCUT2D eigenvalue weighted by atomic mass is 16.7. The fraction of sp³-hybridized carbons (Fsp3) is 0.545. The average Bonchev–Trinajstić information content (AvgIpc) is 2.98. The van der Waals surface area contributed by atoms with E-state index in [0.717, 1.165) is 6.92 Å². The average molecular weight is 660 g/mol. The first-order valence-corrected chi connectivity index (χ1v) is 15.5. The Labute approximate surface area is 270 Å². The van der Waals surface area contributed by atoms with E-state index in [1.54, 1.807) is 20.8 Å². The lowest BCUT2D eigenvalue weighted by Gasteiger charge is -2.43. The van der Waals surface area contributed by atoms with Gasteiger partial charge in [-0.2, -0.15) is 0 Å². The van der Waals surface area contributed by atoms with E-state index in [1.165, 1.54) is 18.2 Å². The summed E-state index contributed by atoms with van der Waals surface area (Å²) < 4.78 is 24.1. The second-order valence-electron chi connectivity index (χ2n) is 12.7. The third-order valence-electron chi connectivity index (χ3n) is 9.04. The maximum Gasteiger partial charge on any atom is 0.202 e. The number of aliphatic hydroxyl groups excluding tert-OH is 2. The molecule has 8 N–H and O–H groups in total. The van der Waals surface area contributed by atoms with Gasteiger partial charge in [0.05, 0.1) is 47.7 Å². The number of benzene rings is 2. The summed E-state index contributed by atoms with van der Waals surface area (Å²) >= 11 is 0. The summed E-state index contributed by atoms with van der Waals surface area (Å²) in [6.07, 6.45) is -6.88. The number of hydrogen-bond donors (Lipinski definition) is 7. The molecule has 0 unspecified atom stereocenters. The largest absolute Gasteiger partial charge is 0.507 e. The van der Waals surface area contributed by atoms with Crippen molar-refractivity contribution in [2.24, 2.45) is 5.73 Å². The number of carbonyl (C=O) groups is 3. The number of aromatic hydroxyl groups is 3. The zero-order chi connectivity index (χ0) is 34.5. The summed E-state index contributed by atoms with van der Waals surface area (Å²) in [5.41, 5.74) is 2.60. The Hall–Kier alpha value is -3.47. The molecule has 2 aliphatic carbocycles. The van der Waals surface area contributed by atoms with Crippen molar-refractivity contribution in [2.75, 3.05) is 6.61 Å². The maximum atomic E-state index is 13.6.